The van der Waals surface area contributed by atoms with Gasteiger partial charge in [-0.25, -0.2) is 4.39 Å². The molecule has 0 fully saturated rings. The molecule has 0 unspecified atom stereocenters. The van der Waals surface area contributed by atoms with Gasteiger partial charge in [0.2, 0.25) is 5.78 Å². The minimum absolute atomic E-state index is 0.0121. The molecule has 0 aliphatic carbocycles. The minimum Gasteiger partial charge on any atom is -0.489 e. The van der Waals surface area contributed by atoms with Crippen LogP contribution >= 0.6 is 11.6 Å². The van der Waals surface area contributed by atoms with Gasteiger partial charge < -0.3 is 9.47 Å². The molecule has 0 saturated carbocycles. The van der Waals surface area contributed by atoms with Crippen molar-refractivity contribution in [2.75, 3.05) is 6.61 Å². The monoisotopic (exact) mass is 292 g/mol. The number of ketones is 1. The molecular weight excluding hydrogens is 283 g/mol. The van der Waals surface area contributed by atoms with E-state index in [-0.39, 0.29) is 19.0 Å². The maximum Gasteiger partial charge on any atom is 0.203 e. The van der Waals surface area contributed by atoms with E-state index < -0.39 is 5.82 Å². The highest BCUT2D eigenvalue weighted by Crippen LogP contribution is 2.30. The molecule has 0 amide bonds. The Morgan fingerprint density at radius 1 is 1.30 bits per heavy atom. The fraction of sp³-hybridized carbons (Fsp3) is 0.133. The molecule has 20 heavy (non-hydrogen) atoms. The van der Waals surface area contributed by atoms with E-state index in [0.29, 0.717) is 27.6 Å². The first-order valence-electron chi connectivity index (χ1n) is 6.01. The van der Waals surface area contributed by atoms with Gasteiger partial charge in [-0.05, 0) is 24.3 Å². The SMILES string of the molecule is O=C1COc2cc(OCc3c(F)cccc3Cl)ccc21. The molecule has 1 aliphatic heterocycles. The van der Waals surface area contributed by atoms with Gasteiger partial charge in [-0.2, -0.15) is 0 Å². The van der Waals surface area contributed by atoms with Gasteiger partial charge in [-0.1, -0.05) is 17.7 Å². The van der Waals surface area contributed by atoms with Crippen LogP contribution in [0.2, 0.25) is 5.02 Å². The lowest BCUT2D eigenvalue weighted by molar-refractivity contribution is 0.0961. The molecule has 2 aromatic carbocycles. The number of Topliss-reactive ketones (excluding diaryl/α,β-unsaturated/α-hetero) is 1. The predicted octanol–water partition coefficient (Wildman–Crippen LogP) is 3.63. The average molecular weight is 293 g/mol. The summed E-state index contributed by atoms with van der Waals surface area (Å²) in [5.74, 6) is 0.527. The van der Waals surface area contributed by atoms with Crippen LogP contribution < -0.4 is 9.47 Å². The van der Waals surface area contributed by atoms with Gasteiger partial charge in [-0.3, -0.25) is 4.79 Å². The molecule has 2 aromatic rings. The number of carbonyl (C=O) groups is 1. The van der Waals surface area contributed by atoms with Crippen molar-refractivity contribution in [3.63, 3.8) is 0 Å². The van der Waals surface area contributed by atoms with Crippen molar-refractivity contribution in [2.24, 2.45) is 0 Å². The molecule has 3 nitrogen and oxygen atoms in total. The summed E-state index contributed by atoms with van der Waals surface area (Å²) in [6.45, 7) is 0.0656. The Kier molecular flexibility index (Phi) is 3.32. The van der Waals surface area contributed by atoms with Crippen molar-refractivity contribution < 1.29 is 18.7 Å². The van der Waals surface area contributed by atoms with E-state index >= 15 is 0 Å². The van der Waals surface area contributed by atoms with Gasteiger partial charge in [0.1, 0.15) is 23.9 Å². The Labute approximate surface area is 119 Å². The number of hydrogen-bond donors (Lipinski definition) is 0. The fourth-order valence-electron chi connectivity index (χ4n) is 1.99. The summed E-state index contributed by atoms with van der Waals surface area (Å²) in [5, 5.41) is 0.317. The lowest BCUT2D eigenvalue weighted by Crippen LogP contribution is -1.99. The minimum atomic E-state index is -0.412. The lowest BCUT2D eigenvalue weighted by Gasteiger charge is -2.09. The molecule has 1 heterocycles. The largest absolute Gasteiger partial charge is 0.489 e. The highest BCUT2D eigenvalue weighted by molar-refractivity contribution is 6.31. The summed E-state index contributed by atoms with van der Waals surface area (Å²) in [5.41, 5.74) is 0.841. The second-order valence-electron chi connectivity index (χ2n) is 4.36. The molecular formula is C15H10ClFO3. The topological polar surface area (TPSA) is 35.5 Å². The van der Waals surface area contributed by atoms with Crippen LogP contribution in [0.1, 0.15) is 15.9 Å². The summed E-state index contributed by atoms with van der Waals surface area (Å²) in [6, 6.07) is 9.39. The summed E-state index contributed by atoms with van der Waals surface area (Å²) < 4.78 is 24.3. The van der Waals surface area contributed by atoms with E-state index in [0.717, 1.165) is 0 Å². The van der Waals surface area contributed by atoms with E-state index in [2.05, 4.69) is 0 Å². The second kappa shape index (κ2) is 5.13. The molecule has 0 N–H and O–H groups in total. The fourth-order valence-corrected chi connectivity index (χ4v) is 2.21. The molecule has 0 spiro atoms. The smallest absolute Gasteiger partial charge is 0.203 e. The van der Waals surface area contributed by atoms with Crippen LogP contribution in [0.25, 0.3) is 0 Å². The summed E-state index contributed by atoms with van der Waals surface area (Å²) in [7, 11) is 0. The molecule has 5 heteroatoms. The maximum atomic E-state index is 13.6. The molecule has 3 rings (SSSR count). The van der Waals surface area contributed by atoms with Gasteiger partial charge in [0.15, 0.2) is 6.61 Å². The third kappa shape index (κ3) is 2.34. The molecule has 0 aromatic heterocycles. The Bertz CT molecular complexity index is 665. The molecule has 0 atom stereocenters. The maximum absolute atomic E-state index is 13.6. The van der Waals surface area contributed by atoms with Crippen molar-refractivity contribution >= 4 is 17.4 Å². The van der Waals surface area contributed by atoms with Gasteiger partial charge >= 0.3 is 0 Å². The Hall–Kier alpha value is -2.07. The van der Waals surface area contributed by atoms with Crippen molar-refractivity contribution in [3.05, 3.63) is 58.4 Å². The van der Waals surface area contributed by atoms with Crippen LogP contribution in [0.3, 0.4) is 0 Å². The first-order chi connectivity index (χ1) is 9.65. The lowest BCUT2D eigenvalue weighted by atomic mass is 10.1. The van der Waals surface area contributed by atoms with Crippen molar-refractivity contribution in [1.82, 2.24) is 0 Å². The van der Waals surface area contributed by atoms with E-state index in [1.165, 1.54) is 12.1 Å². The van der Waals surface area contributed by atoms with E-state index in [1.807, 2.05) is 0 Å². The Morgan fingerprint density at radius 3 is 2.95 bits per heavy atom. The highest BCUT2D eigenvalue weighted by Gasteiger charge is 2.21. The summed E-state index contributed by atoms with van der Waals surface area (Å²) >= 11 is 5.92. The third-order valence-electron chi connectivity index (χ3n) is 3.06. The summed E-state index contributed by atoms with van der Waals surface area (Å²) in [6.07, 6.45) is 0. The van der Waals surface area contributed by atoms with Crippen LogP contribution in [0.15, 0.2) is 36.4 Å². The zero-order valence-corrected chi connectivity index (χ0v) is 11.1. The Morgan fingerprint density at radius 2 is 2.15 bits per heavy atom. The molecule has 0 saturated heterocycles. The second-order valence-corrected chi connectivity index (χ2v) is 4.77. The number of hydrogen-bond acceptors (Lipinski definition) is 3. The number of rotatable bonds is 3. The predicted molar refractivity (Wildman–Crippen MR) is 72.0 cm³/mol. The van der Waals surface area contributed by atoms with Crippen LogP contribution in [0.5, 0.6) is 11.5 Å². The molecule has 0 bridgehead atoms. The molecule has 1 aliphatic rings. The standard InChI is InChI=1S/C15H10ClFO3/c16-12-2-1-3-13(17)11(12)7-19-9-4-5-10-14(18)8-20-15(10)6-9/h1-6H,7-8H2. The number of halogens is 2. The highest BCUT2D eigenvalue weighted by atomic mass is 35.5. The van der Waals surface area contributed by atoms with E-state index in [1.54, 1.807) is 24.3 Å². The van der Waals surface area contributed by atoms with Gasteiger partial charge in [0.25, 0.3) is 0 Å². The van der Waals surface area contributed by atoms with Gasteiger partial charge in [0, 0.05) is 11.6 Å². The number of fused-ring (bicyclic) bond motifs is 1. The molecule has 102 valence electrons. The first kappa shape index (κ1) is 12.9. The van der Waals surface area contributed by atoms with Crippen LogP contribution in [0, 0.1) is 5.82 Å². The van der Waals surface area contributed by atoms with E-state index in [9.17, 15) is 9.18 Å². The van der Waals surface area contributed by atoms with Crippen LogP contribution in [0.4, 0.5) is 4.39 Å². The van der Waals surface area contributed by atoms with Crippen molar-refractivity contribution in [2.45, 2.75) is 6.61 Å². The number of benzene rings is 2. The zero-order valence-electron chi connectivity index (χ0n) is 10.4. The quantitative estimate of drug-likeness (QED) is 0.866. The number of carbonyl (C=O) groups excluding carboxylic acids is 1. The first-order valence-corrected chi connectivity index (χ1v) is 6.38. The zero-order chi connectivity index (χ0) is 14.1. The average Bonchev–Trinajstić information content (AvgIpc) is 2.79. The summed E-state index contributed by atoms with van der Waals surface area (Å²) in [4.78, 5) is 11.4. The van der Waals surface area contributed by atoms with Crippen molar-refractivity contribution in [3.8, 4) is 11.5 Å². The van der Waals surface area contributed by atoms with E-state index in [4.69, 9.17) is 21.1 Å². The Balaban J connectivity index is 1.78. The molecule has 0 radical (unpaired) electrons. The van der Waals surface area contributed by atoms with Gasteiger partial charge in [0.05, 0.1) is 10.6 Å². The van der Waals surface area contributed by atoms with Crippen LogP contribution in [-0.4, -0.2) is 12.4 Å². The third-order valence-corrected chi connectivity index (χ3v) is 3.41. The van der Waals surface area contributed by atoms with Crippen LogP contribution in [-0.2, 0) is 6.61 Å². The normalized spacial score (nSPS) is 13.0. The van der Waals surface area contributed by atoms with Crippen molar-refractivity contribution in [1.29, 1.82) is 0 Å². The number of ether oxygens (including phenoxy) is 2. The van der Waals surface area contributed by atoms with Gasteiger partial charge in [-0.15, -0.1) is 0 Å².